The summed E-state index contributed by atoms with van der Waals surface area (Å²) in [6.45, 7) is -0.741. The molecule has 19 heavy (non-hydrogen) atoms. The molecule has 1 aliphatic heterocycles. The van der Waals surface area contributed by atoms with Gasteiger partial charge in [-0.05, 0) is 6.07 Å². The van der Waals surface area contributed by atoms with Crippen LogP contribution in [0, 0.1) is 0 Å². The minimum absolute atomic E-state index is 0.0196. The van der Waals surface area contributed by atoms with E-state index < -0.39 is 28.6 Å². The molecular weight excluding hydrogens is 298 g/mol. The van der Waals surface area contributed by atoms with Crippen LogP contribution in [0.4, 0.5) is 10.5 Å². The normalized spacial score (nSPS) is 16.5. The largest absolute Gasteiger partial charge is 0.468 e. The van der Waals surface area contributed by atoms with Crippen LogP contribution in [0.25, 0.3) is 0 Å². The molecule has 0 unspecified atom stereocenters. The summed E-state index contributed by atoms with van der Waals surface area (Å²) < 4.78 is 29.1. The summed E-state index contributed by atoms with van der Waals surface area (Å²) in [5.74, 6) is -0.873. The van der Waals surface area contributed by atoms with Crippen molar-refractivity contribution in [3.63, 3.8) is 0 Å². The van der Waals surface area contributed by atoms with E-state index in [1.54, 1.807) is 0 Å². The molecule has 8 nitrogen and oxygen atoms in total. The number of ether oxygens (including phenoxy) is 1. The third kappa shape index (κ3) is 2.22. The molecule has 0 radical (unpaired) electrons. The first-order valence-corrected chi connectivity index (χ1v) is 6.74. The highest BCUT2D eigenvalue weighted by Gasteiger charge is 2.40. The molecule has 1 aliphatic rings. The molecule has 1 aromatic rings. The number of carbonyl (C=O) groups excluding carboxylic acids is 2. The van der Waals surface area contributed by atoms with Crippen LogP contribution >= 0.6 is 11.6 Å². The molecule has 0 saturated carbocycles. The number of hydrogen-bond acceptors (Lipinski definition) is 6. The van der Waals surface area contributed by atoms with Crippen molar-refractivity contribution in [2.45, 2.75) is 4.90 Å². The number of rotatable bonds is 2. The van der Waals surface area contributed by atoms with Crippen LogP contribution in [0.3, 0.4) is 0 Å². The van der Waals surface area contributed by atoms with Gasteiger partial charge in [-0.25, -0.2) is 22.5 Å². The molecule has 1 N–H and O–H groups in total. The quantitative estimate of drug-likeness (QED) is 0.628. The number of nitrogens with one attached hydrogen (secondary N) is 1. The Hall–Kier alpha value is -1.87. The van der Waals surface area contributed by atoms with Crippen molar-refractivity contribution in [1.29, 1.82) is 0 Å². The monoisotopic (exact) mass is 305 g/mol. The number of aromatic nitrogens is 1. The summed E-state index contributed by atoms with van der Waals surface area (Å²) in [5, 5.41) is 2.03. The Bertz CT molecular complexity index is 660. The molecule has 10 heteroatoms. The Morgan fingerprint density at radius 1 is 1.58 bits per heavy atom. The van der Waals surface area contributed by atoms with Crippen molar-refractivity contribution < 1.29 is 22.7 Å². The van der Waals surface area contributed by atoms with Gasteiger partial charge >= 0.3 is 12.0 Å². The first kappa shape index (κ1) is 13.6. The number of pyridine rings is 1. The number of methoxy groups -OCH3 is 1. The van der Waals surface area contributed by atoms with Crippen molar-refractivity contribution in [3.05, 3.63) is 17.4 Å². The molecular formula is C9H8ClN3O5S. The smallest absolute Gasteiger partial charge is 0.336 e. The van der Waals surface area contributed by atoms with E-state index in [1.165, 1.54) is 12.3 Å². The van der Waals surface area contributed by atoms with Gasteiger partial charge in [-0.1, -0.05) is 11.6 Å². The molecule has 0 fully saturated rings. The lowest BCUT2D eigenvalue weighted by Gasteiger charge is -2.27. The fourth-order valence-corrected chi connectivity index (χ4v) is 3.37. The summed E-state index contributed by atoms with van der Waals surface area (Å²) in [6, 6.07) is 0.340. The van der Waals surface area contributed by atoms with Crippen LogP contribution < -0.4 is 5.32 Å². The molecule has 0 bridgehead atoms. The molecule has 0 aromatic carbocycles. The van der Waals surface area contributed by atoms with Crippen LogP contribution in [0.2, 0.25) is 5.15 Å². The summed E-state index contributed by atoms with van der Waals surface area (Å²) in [6.07, 6.45) is 1.26. The first-order valence-electron chi connectivity index (χ1n) is 4.93. The average molecular weight is 306 g/mol. The van der Waals surface area contributed by atoms with Gasteiger partial charge in [-0.15, -0.1) is 0 Å². The van der Waals surface area contributed by atoms with Gasteiger partial charge < -0.3 is 10.1 Å². The highest BCUT2D eigenvalue weighted by Crippen LogP contribution is 2.33. The molecule has 0 aliphatic carbocycles. The Kier molecular flexibility index (Phi) is 3.33. The standard InChI is InChI=1S/C9H8ClN3O5S/c1-18-6(14)4-13-9(15)12-5-2-3-11-8(10)7(5)19(13,16)17/h2-3H,4H2,1H3,(H,12,15). The summed E-state index contributed by atoms with van der Waals surface area (Å²) in [4.78, 5) is 26.1. The minimum atomic E-state index is -4.24. The SMILES string of the molecule is COC(=O)CN1C(=O)Nc2ccnc(Cl)c2S1(=O)=O. The lowest BCUT2D eigenvalue weighted by atomic mass is 10.4. The number of amides is 2. The van der Waals surface area contributed by atoms with Crippen LogP contribution in [0.15, 0.2) is 17.2 Å². The van der Waals surface area contributed by atoms with Gasteiger partial charge in [-0.3, -0.25) is 4.79 Å². The molecule has 0 spiro atoms. The number of carbonyl (C=O) groups is 2. The van der Waals surface area contributed by atoms with Gasteiger partial charge in [0.05, 0.1) is 12.8 Å². The fourth-order valence-electron chi connectivity index (χ4n) is 1.50. The first-order chi connectivity index (χ1) is 8.87. The molecule has 0 atom stereocenters. The summed E-state index contributed by atoms with van der Waals surface area (Å²) in [7, 11) is -3.16. The zero-order valence-corrected chi connectivity index (χ0v) is 11.2. The molecule has 1 aromatic heterocycles. The second kappa shape index (κ2) is 4.67. The van der Waals surface area contributed by atoms with Gasteiger partial charge in [0.2, 0.25) is 0 Å². The number of hydrogen-bond donors (Lipinski definition) is 1. The van der Waals surface area contributed by atoms with Gasteiger partial charge in [0, 0.05) is 6.20 Å². The maximum atomic E-state index is 12.2. The van der Waals surface area contributed by atoms with E-state index in [0.717, 1.165) is 7.11 Å². The second-order valence-electron chi connectivity index (χ2n) is 3.50. The second-order valence-corrected chi connectivity index (χ2v) is 5.65. The topological polar surface area (TPSA) is 106 Å². The molecule has 2 heterocycles. The van der Waals surface area contributed by atoms with Crippen LogP contribution in [-0.2, 0) is 19.6 Å². The number of esters is 1. The van der Waals surface area contributed by atoms with Crippen LogP contribution in [0.5, 0.6) is 0 Å². The maximum Gasteiger partial charge on any atom is 0.336 e. The molecule has 102 valence electrons. The van der Waals surface area contributed by atoms with E-state index in [1.807, 2.05) is 0 Å². The Morgan fingerprint density at radius 2 is 2.26 bits per heavy atom. The number of nitrogens with zero attached hydrogens (tertiary/aromatic N) is 2. The number of sulfonamides is 1. The zero-order valence-electron chi connectivity index (χ0n) is 9.58. The van der Waals surface area contributed by atoms with Crippen LogP contribution in [-0.4, -0.2) is 43.4 Å². The van der Waals surface area contributed by atoms with Crippen molar-refractivity contribution in [2.75, 3.05) is 19.0 Å². The average Bonchev–Trinajstić information content (AvgIpc) is 2.33. The minimum Gasteiger partial charge on any atom is -0.468 e. The third-order valence-electron chi connectivity index (χ3n) is 2.38. The van der Waals surface area contributed by atoms with Gasteiger partial charge in [0.25, 0.3) is 10.0 Å². The van der Waals surface area contributed by atoms with E-state index in [2.05, 4.69) is 15.0 Å². The van der Waals surface area contributed by atoms with E-state index in [-0.39, 0.29) is 15.7 Å². The van der Waals surface area contributed by atoms with Gasteiger partial charge in [0.15, 0.2) is 5.15 Å². The third-order valence-corrected chi connectivity index (χ3v) is 4.58. The highest BCUT2D eigenvalue weighted by molar-refractivity contribution is 7.90. The number of fused-ring (bicyclic) bond motifs is 1. The van der Waals surface area contributed by atoms with E-state index >= 15 is 0 Å². The maximum absolute atomic E-state index is 12.2. The van der Waals surface area contributed by atoms with Gasteiger partial charge in [0.1, 0.15) is 11.4 Å². The van der Waals surface area contributed by atoms with Crippen molar-refractivity contribution >= 4 is 39.3 Å². The van der Waals surface area contributed by atoms with E-state index in [0.29, 0.717) is 4.31 Å². The number of urea groups is 1. The number of anilines is 1. The zero-order chi connectivity index (χ0) is 14.2. The Labute approximate surface area is 113 Å². The van der Waals surface area contributed by atoms with Crippen LogP contribution in [0.1, 0.15) is 0 Å². The highest BCUT2D eigenvalue weighted by atomic mass is 35.5. The predicted octanol–water partition coefficient (Wildman–Crippen LogP) is 0.444. The van der Waals surface area contributed by atoms with Crippen molar-refractivity contribution in [1.82, 2.24) is 9.29 Å². The van der Waals surface area contributed by atoms with Crippen molar-refractivity contribution in [3.8, 4) is 0 Å². The lowest BCUT2D eigenvalue weighted by molar-refractivity contribution is -0.140. The lowest BCUT2D eigenvalue weighted by Crippen LogP contribution is -2.46. The predicted molar refractivity (Wildman–Crippen MR) is 64.2 cm³/mol. The van der Waals surface area contributed by atoms with Gasteiger partial charge in [-0.2, -0.15) is 0 Å². The molecule has 0 saturated heterocycles. The fraction of sp³-hybridized carbons (Fsp3) is 0.222. The van der Waals surface area contributed by atoms with Crippen molar-refractivity contribution in [2.24, 2.45) is 0 Å². The Balaban J connectivity index is 2.54. The summed E-state index contributed by atoms with van der Waals surface area (Å²) in [5.41, 5.74) is 0.0196. The number of halogens is 1. The molecule has 2 amide bonds. The Morgan fingerprint density at radius 3 is 2.89 bits per heavy atom. The van der Waals surface area contributed by atoms with E-state index in [4.69, 9.17) is 11.6 Å². The molecule has 2 rings (SSSR count). The van der Waals surface area contributed by atoms with E-state index in [9.17, 15) is 18.0 Å². The summed E-state index contributed by atoms with van der Waals surface area (Å²) >= 11 is 5.73.